The van der Waals surface area contributed by atoms with Crippen LogP contribution in [0.25, 0.3) is 0 Å². The Bertz CT molecular complexity index is 835. The molecule has 2 aromatic rings. The highest BCUT2D eigenvalue weighted by Gasteiger charge is 2.48. The number of nitrogen functional groups attached to an aromatic ring is 1. The molecule has 4 nitrogen and oxygen atoms in total. The van der Waals surface area contributed by atoms with Crippen molar-refractivity contribution >= 4 is 17.0 Å². The lowest BCUT2D eigenvalue weighted by molar-refractivity contribution is 0.409. The third-order valence-electron chi connectivity index (χ3n) is 5.51. The largest absolute Gasteiger partial charge is 0.598 e. The zero-order valence-corrected chi connectivity index (χ0v) is 17.9. The molecule has 1 heterocycles. The van der Waals surface area contributed by atoms with E-state index in [1.807, 2.05) is 46.0 Å². The van der Waals surface area contributed by atoms with Gasteiger partial charge in [-0.1, -0.05) is 6.07 Å². The number of hydrogen-bond donors (Lipinski definition) is 2. The van der Waals surface area contributed by atoms with Crippen molar-refractivity contribution in [1.29, 1.82) is 0 Å². The predicted octanol–water partition coefficient (Wildman–Crippen LogP) is 4.25. The van der Waals surface area contributed by atoms with Gasteiger partial charge in [0.2, 0.25) is 0 Å². The quantitative estimate of drug-likeness (QED) is 0.535. The highest BCUT2D eigenvalue weighted by atomic mass is 32.2. The van der Waals surface area contributed by atoms with Gasteiger partial charge in [0, 0.05) is 35.2 Å². The molecule has 1 aliphatic carbocycles. The maximum atomic E-state index is 13.9. The molecule has 0 spiro atoms. The molecule has 0 unspecified atom stereocenters. The van der Waals surface area contributed by atoms with Crippen LogP contribution in [0.1, 0.15) is 56.9 Å². The van der Waals surface area contributed by atoms with Crippen LogP contribution in [-0.4, -0.2) is 20.8 Å². The molecule has 2 atom stereocenters. The van der Waals surface area contributed by atoms with Crippen molar-refractivity contribution in [3.8, 4) is 0 Å². The highest BCUT2D eigenvalue weighted by molar-refractivity contribution is 7.90. The smallest absolute Gasteiger partial charge is 0.146 e. The minimum absolute atomic E-state index is 0.166. The Morgan fingerprint density at radius 3 is 2.46 bits per heavy atom. The minimum atomic E-state index is -1.14. The fourth-order valence-corrected chi connectivity index (χ4v) is 4.63. The highest BCUT2D eigenvalue weighted by Crippen LogP contribution is 2.53. The van der Waals surface area contributed by atoms with Crippen LogP contribution in [0.5, 0.6) is 0 Å². The van der Waals surface area contributed by atoms with E-state index in [1.165, 1.54) is 6.07 Å². The number of aromatic nitrogens is 1. The van der Waals surface area contributed by atoms with Crippen LogP contribution in [0.4, 0.5) is 10.1 Å². The lowest BCUT2D eigenvalue weighted by Crippen LogP contribution is -2.42. The number of halogens is 1. The minimum Gasteiger partial charge on any atom is -0.598 e. The predicted molar refractivity (Wildman–Crippen MR) is 114 cm³/mol. The van der Waals surface area contributed by atoms with Gasteiger partial charge in [0.05, 0.1) is 5.69 Å². The SMILES string of the molecule is Cc1cc([C@](CCN[S@+]([O-])C(C)(C)C)(c2ccc(F)c(N)c2)C2CC2)ccn1. The Labute approximate surface area is 170 Å². The zero-order chi connectivity index (χ0) is 20.5. The first-order valence-corrected chi connectivity index (χ1v) is 10.9. The lowest BCUT2D eigenvalue weighted by Gasteiger charge is -2.36. The molecule has 1 aromatic carbocycles. The molecule has 0 radical (unpaired) electrons. The number of nitrogens with two attached hydrogens (primary N) is 1. The van der Waals surface area contributed by atoms with Gasteiger partial charge in [0.25, 0.3) is 0 Å². The van der Waals surface area contributed by atoms with Gasteiger partial charge in [0.1, 0.15) is 10.6 Å². The topological polar surface area (TPSA) is 74.0 Å². The van der Waals surface area contributed by atoms with Crippen LogP contribution >= 0.6 is 0 Å². The second-order valence-electron chi connectivity index (χ2n) is 8.69. The van der Waals surface area contributed by atoms with Crippen LogP contribution in [0.15, 0.2) is 36.5 Å². The number of anilines is 1. The molecule has 6 heteroatoms. The number of rotatable bonds is 7. The molecule has 152 valence electrons. The molecular weight excluding hydrogens is 373 g/mol. The molecule has 0 saturated heterocycles. The second kappa shape index (κ2) is 8.01. The van der Waals surface area contributed by atoms with E-state index in [0.29, 0.717) is 12.5 Å². The number of nitrogens with one attached hydrogen (secondary N) is 1. The van der Waals surface area contributed by atoms with Crippen molar-refractivity contribution in [2.45, 2.75) is 57.1 Å². The fourth-order valence-electron chi connectivity index (χ4n) is 3.91. The third kappa shape index (κ3) is 4.34. The molecule has 3 rings (SSSR count). The van der Waals surface area contributed by atoms with Crippen LogP contribution < -0.4 is 10.5 Å². The molecule has 1 saturated carbocycles. The van der Waals surface area contributed by atoms with Crippen molar-refractivity contribution in [3.63, 3.8) is 0 Å². The Morgan fingerprint density at radius 2 is 1.89 bits per heavy atom. The molecule has 0 aliphatic heterocycles. The summed E-state index contributed by atoms with van der Waals surface area (Å²) < 4.78 is 29.2. The van der Waals surface area contributed by atoms with E-state index in [2.05, 4.69) is 15.8 Å². The Balaban J connectivity index is 2.00. The zero-order valence-electron chi connectivity index (χ0n) is 17.1. The van der Waals surface area contributed by atoms with Gasteiger partial charge in [-0.3, -0.25) is 4.98 Å². The summed E-state index contributed by atoms with van der Waals surface area (Å²) in [4.78, 5) is 4.35. The fraction of sp³-hybridized carbons (Fsp3) is 0.500. The number of nitrogens with zero attached hydrogens (tertiary/aromatic N) is 1. The summed E-state index contributed by atoms with van der Waals surface area (Å²) in [6, 6.07) is 9.23. The van der Waals surface area contributed by atoms with Gasteiger partial charge in [-0.15, -0.1) is 4.72 Å². The van der Waals surface area contributed by atoms with Crippen LogP contribution in [0, 0.1) is 18.7 Å². The van der Waals surface area contributed by atoms with Crippen molar-refractivity contribution < 1.29 is 8.94 Å². The molecule has 1 aliphatic rings. The van der Waals surface area contributed by atoms with E-state index in [9.17, 15) is 8.94 Å². The number of pyridine rings is 1. The molecule has 28 heavy (non-hydrogen) atoms. The molecule has 0 bridgehead atoms. The molecule has 3 N–H and O–H groups in total. The van der Waals surface area contributed by atoms with Gasteiger partial charge in [0.15, 0.2) is 0 Å². The van der Waals surface area contributed by atoms with Gasteiger partial charge in [-0.25, -0.2) is 4.39 Å². The number of hydrogen-bond acceptors (Lipinski definition) is 4. The monoisotopic (exact) mass is 403 g/mol. The molecule has 0 amide bonds. The number of aryl methyl sites for hydroxylation is 1. The summed E-state index contributed by atoms with van der Waals surface area (Å²) >= 11 is -1.14. The number of benzene rings is 1. The van der Waals surface area contributed by atoms with Crippen molar-refractivity contribution in [1.82, 2.24) is 9.71 Å². The normalized spacial score (nSPS) is 17.9. The third-order valence-corrected chi connectivity index (χ3v) is 7.08. The van der Waals surface area contributed by atoms with Crippen LogP contribution in [-0.2, 0) is 16.8 Å². The van der Waals surface area contributed by atoms with Gasteiger partial charge >= 0.3 is 0 Å². The first-order chi connectivity index (χ1) is 13.1. The maximum Gasteiger partial charge on any atom is 0.146 e. The molecule has 1 fully saturated rings. The van der Waals surface area contributed by atoms with Crippen molar-refractivity contribution in [2.75, 3.05) is 12.3 Å². The standard InChI is InChI=1S/C22H30FN3OS/c1-15-13-18(9-11-25-15)22(16-5-6-16,10-12-26-28(27)21(2,3)4)17-7-8-19(23)20(24)14-17/h7-9,11,13-14,16,26H,5-6,10,12,24H2,1-4H3/t22-,28+/m0/s1. The van der Waals surface area contributed by atoms with Gasteiger partial charge < -0.3 is 10.3 Å². The lowest BCUT2D eigenvalue weighted by atomic mass is 9.68. The Kier molecular flexibility index (Phi) is 6.03. The van der Waals surface area contributed by atoms with E-state index >= 15 is 0 Å². The van der Waals surface area contributed by atoms with Crippen molar-refractivity contribution in [3.05, 3.63) is 59.2 Å². The Hall–Kier alpha value is -1.63. The molecule has 1 aromatic heterocycles. The van der Waals surface area contributed by atoms with Gasteiger partial charge in [-0.2, -0.15) is 0 Å². The summed E-state index contributed by atoms with van der Waals surface area (Å²) in [5, 5.41) is 0. The van der Waals surface area contributed by atoms with E-state index in [-0.39, 0.29) is 15.8 Å². The van der Waals surface area contributed by atoms with E-state index in [1.54, 1.807) is 6.07 Å². The summed E-state index contributed by atoms with van der Waals surface area (Å²) in [6.45, 7) is 8.44. The second-order valence-corrected chi connectivity index (χ2v) is 10.7. The van der Waals surface area contributed by atoms with E-state index in [4.69, 9.17) is 5.73 Å². The first kappa shape index (κ1) is 21.1. The molecular formula is C22H30FN3OS. The average Bonchev–Trinajstić information content (AvgIpc) is 3.46. The van der Waals surface area contributed by atoms with Gasteiger partial charge in [-0.05, 0) is 88.3 Å². The summed E-state index contributed by atoms with van der Waals surface area (Å²) in [5.41, 5.74) is 8.92. The summed E-state index contributed by atoms with van der Waals surface area (Å²) in [5.74, 6) is 0.0513. The van der Waals surface area contributed by atoms with Crippen LogP contribution in [0.2, 0.25) is 0 Å². The van der Waals surface area contributed by atoms with Crippen LogP contribution in [0.3, 0.4) is 0 Å². The first-order valence-electron chi connectivity index (χ1n) is 9.78. The summed E-state index contributed by atoms with van der Waals surface area (Å²) in [7, 11) is 0. The summed E-state index contributed by atoms with van der Waals surface area (Å²) in [6.07, 6.45) is 4.81. The Morgan fingerprint density at radius 1 is 1.21 bits per heavy atom. The van der Waals surface area contributed by atoms with Crippen molar-refractivity contribution in [2.24, 2.45) is 5.92 Å². The van der Waals surface area contributed by atoms with E-state index in [0.717, 1.165) is 36.1 Å². The van der Waals surface area contributed by atoms with E-state index < -0.39 is 17.2 Å². The maximum absolute atomic E-state index is 13.9. The average molecular weight is 404 g/mol.